The number of benzene rings is 1. The van der Waals surface area contributed by atoms with Crippen LogP contribution in [0.4, 0.5) is 0 Å². The molecule has 20 heavy (non-hydrogen) atoms. The number of aryl methyl sites for hydroxylation is 1. The van der Waals surface area contributed by atoms with Gasteiger partial charge in [0.2, 0.25) is 0 Å². The van der Waals surface area contributed by atoms with Gasteiger partial charge in [-0.05, 0) is 24.6 Å². The van der Waals surface area contributed by atoms with Crippen molar-refractivity contribution in [3.8, 4) is 5.75 Å². The van der Waals surface area contributed by atoms with Gasteiger partial charge in [-0.3, -0.25) is 14.7 Å². The van der Waals surface area contributed by atoms with Crippen LogP contribution in [0.3, 0.4) is 0 Å². The molecular formula is C15H20N2O3. The second-order valence-corrected chi connectivity index (χ2v) is 4.90. The summed E-state index contributed by atoms with van der Waals surface area (Å²) >= 11 is 0. The van der Waals surface area contributed by atoms with Gasteiger partial charge in [-0.1, -0.05) is 0 Å². The van der Waals surface area contributed by atoms with Crippen LogP contribution in [0.1, 0.15) is 21.5 Å². The van der Waals surface area contributed by atoms with Gasteiger partial charge in [0, 0.05) is 31.4 Å². The third-order valence-corrected chi connectivity index (χ3v) is 3.32. The minimum absolute atomic E-state index is 0.000669. The second kappa shape index (κ2) is 7.17. The van der Waals surface area contributed by atoms with Crippen LogP contribution in [0.2, 0.25) is 0 Å². The lowest BCUT2D eigenvalue weighted by molar-refractivity contribution is 0.0395. The number of aliphatic imine (C=N–C) groups is 1. The summed E-state index contributed by atoms with van der Waals surface area (Å²) in [6.07, 6.45) is 2.29. The van der Waals surface area contributed by atoms with Gasteiger partial charge < -0.3 is 9.84 Å². The third-order valence-electron chi connectivity index (χ3n) is 3.32. The Labute approximate surface area is 118 Å². The van der Waals surface area contributed by atoms with E-state index in [9.17, 15) is 9.90 Å². The van der Waals surface area contributed by atoms with Gasteiger partial charge in [0.25, 0.3) is 0 Å². The maximum Gasteiger partial charge on any atom is 0.153 e. The highest BCUT2D eigenvalue weighted by Gasteiger charge is 2.09. The number of morpholine rings is 1. The fourth-order valence-electron chi connectivity index (χ4n) is 2.21. The lowest BCUT2D eigenvalue weighted by Gasteiger charge is -2.25. The summed E-state index contributed by atoms with van der Waals surface area (Å²) in [4.78, 5) is 17.5. The van der Waals surface area contributed by atoms with Crippen LogP contribution in [0.25, 0.3) is 0 Å². The Morgan fingerprint density at radius 3 is 2.75 bits per heavy atom. The Bertz CT molecular complexity index is 494. The summed E-state index contributed by atoms with van der Waals surface area (Å²) in [5, 5.41) is 9.91. The molecule has 0 atom stereocenters. The molecule has 0 saturated carbocycles. The lowest BCUT2D eigenvalue weighted by atomic mass is 10.1. The summed E-state index contributed by atoms with van der Waals surface area (Å²) < 4.78 is 5.28. The van der Waals surface area contributed by atoms with Crippen LogP contribution >= 0.6 is 0 Å². The predicted octanol–water partition coefficient (Wildman–Crippen LogP) is 1.26. The van der Waals surface area contributed by atoms with Crippen LogP contribution < -0.4 is 0 Å². The maximum absolute atomic E-state index is 10.8. The van der Waals surface area contributed by atoms with Crippen molar-refractivity contribution in [3.05, 3.63) is 28.8 Å². The van der Waals surface area contributed by atoms with Gasteiger partial charge in [-0.25, -0.2) is 0 Å². The van der Waals surface area contributed by atoms with E-state index in [4.69, 9.17) is 4.74 Å². The van der Waals surface area contributed by atoms with E-state index >= 15 is 0 Å². The topological polar surface area (TPSA) is 62.1 Å². The number of phenolic OH excluding ortho intramolecular Hbond substituents is 1. The number of rotatable bonds is 5. The molecule has 1 aromatic carbocycles. The zero-order valence-electron chi connectivity index (χ0n) is 11.7. The van der Waals surface area contributed by atoms with Gasteiger partial charge in [0.05, 0.1) is 25.3 Å². The van der Waals surface area contributed by atoms with Crippen molar-refractivity contribution in [2.75, 3.05) is 39.4 Å². The summed E-state index contributed by atoms with van der Waals surface area (Å²) in [7, 11) is 0. The van der Waals surface area contributed by atoms with Gasteiger partial charge in [-0.15, -0.1) is 0 Å². The normalized spacial score (nSPS) is 16.6. The first kappa shape index (κ1) is 14.7. The maximum atomic E-state index is 10.8. The summed E-state index contributed by atoms with van der Waals surface area (Å²) in [6.45, 7) is 6.89. The Kier molecular flexibility index (Phi) is 5.26. The molecule has 1 N–H and O–H groups in total. The van der Waals surface area contributed by atoms with E-state index in [1.165, 1.54) is 0 Å². The van der Waals surface area contributed by atoms with Gasteiger partial charge in [-0.2, -0.15) is 0 Å². The van der Waals surface area contributed by atoms with E-state index in [-0.39, 0.29) is 5.75 Å². The molecule has 0 amide bonds. The van der Waals surface area contributed by atoms with E-state index in [0.29, 0.717) is 24.0 Å². The van der Waals surface area contributed by atoms with Crippen molar-refractivity contribution in [1.29, 1.82) is 0 Å². The molecule has 1 aromatic rings. The first-order chi connectivity index (χ1) is 9.70. The van der Waals surface area contributed by atoms with Gasteiger partial charge >= 0.3 is 0 Å². The monoisotopic (exact) mass is 276 g/mol. The van der Waals surface area contributed by atoms with E-state index in [1.54, 1.807) is 12.3 Å². The molecule has 108 valence electrons. The Hall–Kier alpha value is -1.72. The molecule has 0 spiro atoms. The zero-order chi connectivity index (χ0) is 14.4. The fraction of sp³-hybridized carbons (Fsp3) is 0.467. The van der Waals surface area contributed by atoms with Gasteiger partial charge in [0.1, 0.15) is 5.75 Å². The molecule has 0 bridgehead atoms. The number of hydrogen-bond acceptors (Lipinski definition) is 5. The van der Waals surface area contributed by atoms with E-state index in [2.05, 4.69) is 9.89 Å². The minimum atomic E-state index is 0.000669. The third kappa shape index (κ3) is 3.88. The average molecular weight is 276 g/mol. The number of carbonyl (C=O) groups is 1. The Morgan fingerprint density at radius 1 is 1.35 bits per heavy atom. The van der Waals surface area contributed by atoms with Crippen LogP contribution in [-0.4, -0.2) is 61.9 Å². The van der Waals surface area contributed by atoms with Gasteiger partial charge in [0.15, 0.2) is 6.29 Å². The Morgan fingerprint density at radius 2 is 2.05 bits per heavy atom. The fourth-order valence-corrected chi connectivity index (χ4v) is 2.21. The number of carbonyl (C=O) groups excluding carboxylic acids is 1. The number of ether oxygens (including phenoxy) is 1. The second-order valence-electron chi connectivity index (χ2n) is 4.90. The number of nitrogens with zero attached hydrogens (tertiary/aromatic N) is 2. The highest BCUT2D eigenvalue weighted by Crippen LogP contribution is 2.21. The van der Waals surface area contributed by atoms with Crippen molar-refractivity contribution >= 4 is 12.5 Å². The van der Waals surface area contributed by atoms with Crippen molar-refractivity contribution in [3.63, 3.8) is 0 Å². The molecule has 2 rings (SSSR count). The van der Waals surface area contributed by atoms with Crippen LogP contribution in [0.15, 0.2) is 17.1 Å². The van der Waals surface area contributed by atoms with Crippen molar-refractivity contribution in [1.82, 2.24) is 4.90 Å². The molecule has 1 aliphatic heterocycles. The zero-order valence-corrected chi connectivity index (χ0v) is 11.7. The summed E-state index contributed by atoms with van der Waals surface area (Å²) in [5.74, 6) is 0.000669. The van der Waals surface area contributed by atoms with E-state index in [1.807, 2.05) is 13.0 Å². The SMILES string of the molecule is Cc1cc(C=O)c(O)c(C=NCCN2CCOCC2)c1. The van der Waals surface area contributed by atoms with E-state index in [0.717, 1.165) is 38.4 Å². The summed E-state index contributed by atoms with van der Waals surface area (Å²) in [6, 6.07) is 3.48. The average Bonchev–Trinajstić information content (AvgIpc) is 2.47. The van der Waals surface area contributed by atoms with Crippen molar-refractivity contribution in [2.24, 2.45) is 4.99 Å². The largest absolute Gasteiger partial charge is 0.507 e. The first-order valence-electron chi connectivity index (χ1n) is 6.79. The standard InChI is InChI=1S/C15H20N2O3/c1-12-8-13(15(19)14(9-12)11-18)10-16-2-3-17-4-6-20-7-5-17/h8-11,19H,2-7H2,1H3. The molecule has 1 heterocycles. The molecule has 1 saturated heterocycles. The lowest BCUT2D eigenvalue weighted by Crippen LogP contribution is -2.37. The molecule has 0 radical (unpaired) electrons. The smallest absolute Gasteiger partial charge is 0.153 e. The van der Waals surface area contributed by atoms with Crippen LogP contribution in [-0.2, 0) is 4.74 Å². The summed E-state index contributed by atoms with van der Waals surface area (Å²) in [5.41, 5.74) is 1.83. The predicted molar refractivity (Wildman–Crippen MR) is 78.0 cm³/mol. The quantitative estimate of drug-likeness (QED) is 0.650. The Balaban J connectivity index is 1.93. The number of aromatic hydroxyl groups is 1. The van der Waals surface area contributed by atoms with E-state index < -0.39 is 0 Å². The molecule has 5 heteroatoms. The highest BCUT2D eigenvalue weighted by molar-refractivity contribution is 5.90. The molecular weight excluding hydrogens is 256 g/mol. The number of phenols is 1. The molecule has 1 fully saturated rings. The molecule has 1 aliphatic rings. The number of hydrogen-bond donors (Lipinski definition) is 1. The first-order valence-corrected chi connectivity index (χ1v) is 6.79. The number of aldehydes is 1. The molecule has 0 aliphatic carbocycles. The highest BCUT2D eigenvalue weighted by atomic mass is 16.5. The van der Waals surface area contributed by atoms with Crippen LogP contribution in [0, 0.1) is 6.92 Å². The molecule has 0 aromatic heterocycles. The van der Waals surface area contributed by atoms with Crippen LogP contribution in [0.5, 0.6) is 5.75 Å². The van der Waals surface area contributed by atoms with Crippen molar-refractivity contribution in [2.45, 2.75) is 6.92 Å². The van der Waals surface area contributed by atoms with Crippen molar-refractivity contribution < 1.29 is 14.6 Å². The minimum Gasteiger partial charge on any atom is -0.507 e. The molecule has 5 nitrogen and oxygen atoms in total. The molecule has 0 unspecified atom stereocenters.